The molecule has 0 fully saturated rings. The summed E-state index contributed by atoms with van der Waals surface area (Å²) in [5, 5.41) is 0. The van der Waals surface area contributed by atoms with Gasteiger partial charge in [-0.05, 0) is 43.0 Å². The van der Waals surface area contributed by atoms with Crippen molar-refractivity contribution >= 4 is 15.5 Å². The van der Waals surface area contributed by atoms with E-state index in [0.717, 1.165) is 5.69 Å². The Kier molecular flexibility index (Phi) is 2.62. The highest BCUT2D eigenvalue weighted by atomic mass is 32.2. The fourth-order valence-corrected chi connectivity index (χ4v) is 1.68. The maximum Gasteiger partial charge on any atom is 0.123 e. The summed E-state index contributed by atoms with van der Waals surface area (Å²) in [7, 11) is -1.15. The average molecular weight is 187 g/mol. The van der Waals surface area contributed by atoms with E-state index in [1.807, 2.05) is 0 Å². The molecule has 0 aliphatic rings. The van der Waals surface area contributed by atoms with Crippen molar-refractivity contribution in [1.82, 2.24) is 0 Å². The van der Waals surface area contributed by atoms with Crippen molar-refractivity contribution in [1.29, 1.82) is 0 Å². The van der Waals surface area contributed by atoms with Gasteiger partial charge in [0.15, 0.2) is 0 Å². The van der Waals surface area contributed by atoms with Gasteiger partial charge < -0.3 is 0 Å². The highest BCUT2D eigenvalue weighted by molar-refractivity contribution is 8.03. The molecule has 0 aliphatic heterocycles. The molecule has 68 valence electrons. The summed E-state index contributed by atoms with van der Waals surface area (Å²) in [5.74, 6) is -0.207. The van der Waals surface area contributed by atoms with Gasteiger partial charge in [0.2, 0.25) is 0 Å². The third kappa shape index (κ3) is 3.13. The van der Waals surface area contributed by atoms with Gasteiger partial charge in [0.1, 0.15) is 5.82 Å². The molecule has 1 rings (SSSR count). The predicted molar refractivity (Wildman–Crippen MR) is 55.0 cm³/mol. The van der Waals surface area contributed by atoms with Crippen molar-refractivity contribution in [3.8, 4) is 0 Å². The summed E-state index contributed by atoms with van der Waals surface area (Å²) in [5.41, 5.74) is 0.872. The van der Waals surface area contributed by atoms with Crippen molar-refractivity contribution in [2.75, 3.05) is 18.8 Å². The standard InChI is InChI=1S/C9H14FNS/c1-12(2,3)11-9-6-4-8(10)5-7-9/h4-7,12H,1-3H3. The van der Waals surface area contributed by atoms with Crippen LogP contribution in [-0.2, 0) is 9.82 Å². The molecule has 0 bridgehead atoms. The number of halogens is 1. The lowest BCUT2D eigenvalue weighted by atomic mass is 10.3. The van der Waals surface area contributed by atoms with E-state index in [1.54, 1.807) is 12.1 Å². The Labute approximate surface area is 73.7 Å². The van der Waals surface area contributed by atoms with E-state index in [1.165, 1.54) is 12.1 Å². The SMILES string of the molecule is C[SH](C)(C)=Nc1ccc(F)cc1. The fraction of sp³-hybridized carbons (Fsp3) is 0.333. The van der Waals surface area contributed by atoms with E-state index in [2.05, 4.69) is 23.1 Å². The summed E-state index contributed by atoms with van der Waals surface area (Å²) in [6.45, 7) is 0. The van der Waals surface area contributed by atoms with Gasteiger partial charge in [-0.25, -0.2) is 8.75 Å². The van der Waals surface area contributed by atoms with E-state index < -0.39 is 9.82 Å². The van der Waals surface area contributed by atoms with E-state index in [0.29, 0.717) is 0 Å². The van der Waals surface area contributed by atoms with Crippen molar-refractivity contribution < 1.29 is 4.39 Å². The molecule has 12 heavy (non-hydrogen) atoms. The molecule has 0 atom stereocenters. The fourth-order valence-electron chi connectivity index (χ4n) is 0.854. The Balaban J connectivity index is 3.00. The van der Waals surface area contributed by atoms with Gasteiger partial charge in [-0.2, -0.15) is 9.82 Å². The maximum absolute atomic E-state index is 12.5. The first kappa shape index (κ1) is 9.39. The van der Waals surface area contributed by atoms with Crippen LogP contribution in [0.15, 0.2) is 28.6 Å². The Hall–Kier alpha value is -0.700. The second-order valence-electron chi connectivity index (χ2n) is 3.52. The van der Waals surface area contributed by atoms with Crippen LogP contribution in [0.5, 0.6) is 0 Å². The van der Waals surface area contributed by atoms with E-state index in [4.69, 9.17) is 0 Å². The molecule has 1 aromatic carbocycles. The normalized spacial score (nSPS) is 12.7. The van der Waals surface area contributed by atoms with Crippen molar-refractivity contribution in [3.63, 3.8) is 0 Å². The van der Waals surface area contributed by atoms with Crippen LogP contribution in [-0.4, -0.2) is 18.8 Å². The Morgan fingerprint density at radius 2 is 1.58 bits per heavy atom. The Bertz CT molecular complexity index is 302. The molecule has 0 spiro atoms. The molecule has 0 heterocycles. The molecule has 0 saturated heterocycles. The smallest absolute Gasteiger partial charge is 0.123 e. The number of rotatable bonds is 1. The zero-order valence-electron chi connectivity index (χ0n) is 7.58. The van der Waals surface area contributed by atoms with Gasteiger partial charge in [0.05, 0.1) is 5.69 Å². The molecular weight excluding hydrogens is 173 g/mol. The quantitative estimate of drug-likeness (QED) is 0.648. The minimum Gasteiger partial charge on any atom is -0.249 e. The van der Waals surface area contributed by atoms with Gasteiger partial charge in [-0.15, -0.1) is 0 Å². The number of thiol groups is 1. The summed E-state index contributed by atoms with van der Waals surface area (Å²) in [4.78, 5) is 0. The van der Waals surface area contributed by atoms with Crippen LogP contribution in [0.3, 0.4) is 0 Å². The van der Waals surface area contributed by atoms with Crippen LogP contribution in [0.2, 0.25) is 0 Å². The molecule has 1 nitrogen and oxygen atoms in total. The lowest BCUT2D eigenvalue weighted by Gasteiger charge is -2.10. The minimum atomic E-state index is -1.15. The zero-order valence-corrected chi connectivity index (χ0v) is 8.48. The Morgan fingerprint density at radius 1 is 1.08 bits per heavy atom. The van der Waals surface area contributed by atoms with Crippen molar-refractivity contribution in [2.24, 2.45) is 4.36 Å². The molecule has 0 aromatic heterocycles. The van der Waals surface area contributed by atoms with E-state index in [9.17, 15) is 4.39 Å². The summed E-state index contributed by atoms with van der Waals surface area (Å²) < 4.78 is 17.0. The summed E-state index contributed by atoms with van der Waals surface area (Å²) in [6, 6.07) is 6.30. The number of nitrogens with zero attached hydrogens (tertiary/aromatic N) is 1. The lowest BCUT2D eigenvalue weighted by molar-refractivity contribution is 0.628. The van der Waals surface area contributed by atoms with Crippen LogP contribution in [0.4, 0.5) is 10.1 Å². The molecule has 0 unspecified atom stereocenters. The molecule has 0 saturated carbocycles. The average Bonchev–Trinajstić information content (AvgIpc) is 1.91. The molecule has 3 heteroatoms. The maximum atomic E-state index is 12.5. The van der Waals surface area contributed by atoms with Crippen molar-refractivity contribution in [2.45, 2.75) is 0 Å². The molecule has 0 N–H and O–H groups in total. The van der Waals surface area contributed by atoms with Gasteiger partial charge in [-0.1, -0.05) is 0 Å². The van der Waals surface area contributed by atoms with Crippen LogP contribution >= 0.6 is 0 Å². The molecule has 0 amide bonds. The summed E-state index contributed by atoms with van der Waals surface area (Å²) >= 11 is 0. The number of benzene rings is 1. The topological polar surface area (TPSA) is 12.4 Å². The predicted octanol–water partition coefficient (Wildman–Crippen LogP) is 2.42. The zero-order chi connectivity index (χ0) is 9.19. The van der Waals surface area contributed by atoms with Gasteiger partial charge >= 0.3 is 0 Å². The second kappa shape index (κ2) is 3.35. The van der Waals surface area contributed by atoms with Gasteiger partial charge in [-0.3, -0.25) is 0 Å². The lowest BCUT2D eigenvalue weighted by Crippen LogP contribution is -1.99. The second-order valence-corrected chi connectivity index (χ2v) is 7.60. The van der Waals surface area contributed by atoms with Crippen LogP contribution in [0, 0.1) is 5.82 Å². The van der Waals surface area contributed by atoms with E-state index in [-0.39, 0.29) is 5.82 Å². The van der Waals surface area contributed by atoms with E-state index >= 15 is 0 Å². The van der Waals surface area contributed by atoms with Gasteiger partial charge in [0.25, 0.3) is 0 Å². The first-order valence-electron chi connectivity index (χ1n) is 3.78. The molecule has 0 aliphatic carbocycles. The van der Waals surface area contributed by atoms with Gasteiger partial charge in [0, 0.05) is 0 Å². The van der Waals surface area contributed by atoms with Crippen LogP contribution < -0.4 is 0 Å². The summed E-state index contributed by atoms with van der Waals surface area (Å²) in [6.07, 6.45) is 6.36. The van der Waals surface area contributed by atoms with Crippen LogP contribution in [0.25, 0.3) is 0 Å². The molecule has 1 aromatic rings. The first-order chi connectivity index (χ1) is 5.47. The highest BCUT2D eigenvalue weighted by Gasteiger charge is 1.93. The highest BCUT2D eigenvalue weighted by Crippen LogP contribution is 2.15. The minimum absolute atomic E-state index is 0.207. The third-order valence-electron chi connectivity index (χ3n) is 1.24. The number of hydrogen-bond acceptors (Lipinski definition) is 1. The first-order valence-corrected chi connectivity index (χ1v) is 6.86. The van der Waals surface area contributed by atoms with Crippen LogP contribution in [0.1, 0.15) is 0 Å². The third-order valence-corrected chi connectivity index (χ3v) is 2.07. The molecular formula is C9H14FNS. The number of hydrogen-bond donors (Lipinski definition) is 1. The van der Waals surface area contributed by atoms with Crippen molar-refractivity contribution in [3.05, 3.63) is 30.1 Å². The molecule has 0 radical (unpaired) electrons. The Morgan fingerprint density at radius 3 is 2.00 bits per heavy atom. The largest absolute Gasteiger partial charge is 0.249 e. The monoisotopic (exact) mass is 187 g/mol.